The summed E-state index contributed by atoms with van der Waals surface area (Å²) in [4.78, 5) is 0. The van der Waals surface area contributed by atoms with E-state index in [0.29, 0.717) is 11.1 Å². The molecule has 4 heterocycles. The van der Waals surface area contributed by atoms with Gasteiger partial charge in [-0.05, 0) is 25.3 Å². The summed E-state index contributed by atoms with van der Waals surface area (Å²) < 4.78 is 9.05. The SMILES string of the molecule is N#Cc1cnn2cc(-c3cnn(C4CCCCO4)c3)cc(O)c12. The van der Waals surface area contributed by atoms with E-state index in [1.54, 1.807) is 18.5 Å². The van der Waals surface area contributed by atoms with Crippen LogP contribution in [0.15, 0.2) is 30.9 Å². The van der Waals surface area contributed by atoms with Crippen LogP contribution in [0.2, 0.25) is 0 Å². The fourth-order valence-electron chi connectivity index (χ4n) is 2.92. The summed E-state index contributed by atoms with van der Waals surface area (Å²) in [6.07, 6.45) is 10.0. The molecule has 23 heavy (non-hydrogen) atoms. The number of nitriles is 1. The summed E-state index contributed by atoms with van der Waals surface area (Å²) in [6, 6.07) is 3.65. The van der Waals surface area contributed by atoms with Crippen LogP contribution in [0.5, 0.6) is 5.75 Å². The van der Waals surface area contributed by atoms with Gasteiger partial charge in [0.25, 0.3) is 0 Å². The van der Waals surface area contributed by atoms with Crippen LogP contribution in [-0.4, -0.2) is 31.1 Å². The van der Waals surface area contributed by atoms with Crippen LogP contribution in [0.4, 0.5) is 0 Å². The van der Waals surface area contributed by atoms with Crippen molar-refractivity contribution in [2.75, 3.05) is 6.61 Å². The van der Waals surface area contributed by atoms with E-state index in [1.165, 1.54) is 10.7 Å². The number of fused-ring (bicyclic) bond motifs is 1. The normalized spacial score (nSPS) is 18.1. The molecule has 116 valence electrons. The number of aromatic hydroxyl groups is 1. The van der Waals surface area contributed by atoms with Gasteiger partial charge in [-0.2, -0.15) is 15.5 Å². The van der Waals surface area contributed by atoms with Crippen LogP contribution < -0.4 is 0 Å². The molecule has 0 spiro atoms. The topological polar surface area (TPSA) is 88.4 Å². The average Bonchev–Trinajstić information content (AvgIpc) is 3.22. The van der Waals surface area contributed by atoms with Gasteiger partial charge in [0.1, 0.15) is 29.1 Å². The van der Waals surface area contributed by atoms with Crippen molar-refractivity contribution >= 4 is 5.52 Å². The summed E-state index contributed by atoms with van der Waals surface area (Å²) in [7, 11) is 0. The zero-order valence-electron chi connectivity index (χ0n) is 12.4. The first-order chi connectivity index (χ1) is 11.3. The third-order valence-corrected chi connectivity index (χ3v) is 4.10. The predicted molar refractivity (Wildman–Crippen MR) is 81.6 cm³/mol. The second-order valence-electron chi connectivity index (χ2n) is 5.61. The van der Waals surface area contributed by atoms with E-state index in [4.69, 9.17) is 10.00 Å². The Kier molecular flexibility index (Phi) is 3.24. The molecule has 0 amide bonds. The van der Waals surface area contributed by atoms with Gasteiger partial charge in [0, 0.05) is 30.1 Å². The Morgan fingerprint density at radius 3 is 2.91 bits per heavy atom. The van der Waals surface area contributed by atoms with E-state index < -0.39 is 0 Å². The molecule has 3 aromatic heterocycles. The molecule has 1 unspecified atom stereocenters. The van der Waals surface area contributed by atoms with E-state index in [2.05, 4.69) is 10.2 Å². The van der Waals surface area contributed by atoms with Crippen LogP contribution in [-0.2, 0) is 4.74 Å². The lowest BCUT2D eigenvalue weighted by molar-refractivity contribution is -0.0394. The van der Waals surface area contributed by atoms with Crippen LogP contribution in [0.25, 0.3) is 16.6 Å². The molecule has 4 rings (SSSR count). The van der Waals surface area contributed by atoms with Gasteiger partial charge in [-0.1, -0.05) is 0 Å². The number of hydrogen-bond donors (Lipinski definition) is 1. The number of pyridine rings is 1. The van der Waals surface area contributed by atoms with Crippen molar-refractivity contribution < 1.29 is 9.84 Å². The van der Waals surface area contributed by atoms with Crippen molar-refractivity contribution in [2.24, 2.45) is 0 Å². The van der Waals surface area contributed by atoms with Gasteiger partial charge in [0.2, 0.25) is 0 Å². The monoisotopic (exact) mass is 309 g/mol. The minimum Gasteiger partial charge on any atom is -0.506 e. The van der Waals surface area contributed by atoms with Gasteiger partial charge < -0.3 is 9.84 Å². The van der Waals surface area contributed by atoms with Crippen molar-refractivity contribution in [1.82, 2.24) is 19.4 Å². The Morgan fingerprint density at radius 1 is 1.22 bits per heavy atom. The van der Waals surface area contributed by atoms with Gasteiger partial charge in [-0.25, -0.2) is 9.20 Å². The Bertz CT molecular complexity index is 899. The molecule has 1 atom stereocenters. The van der Waals surface area contributed by atoms with Gasteiger partial charge in [0.05, 0.1) is 12.4 Å². The molecule has 0 bridgehead atoms. The zero-order chi connectivity index (χ0) is 15.8. The van der Waals surface area contributed by atoms with E-state index in [1.807, 2.05) is 16.9 Å². The quantitative estimate of drug-likeness (QED) is 0.785. The van der Waals surface area contributed by atoms with E-state index in [-0.39, 0.29) is 12.0 Å². The smallest absolute Gasteiger partial charge is 0.150 e. The lowest BCUT2D eigenvalue weighted by atomic mass is 10.1. The summed E-state index contributed by atoms with van der Waals surface area (Å²) in [5.41, 5.74) is 2.41. The van der Waals surface area contributed by atoms with Crippen molar-refractivity contribution in [2.45, 2.75) is 25.5 Å². The molecule has 1 aliphatic heterocycles. The summed E-state index contributed by atoms with van der Waals surface area (Å²) in [5.74, 6) is 0.0261. The van der Waals surface area contributed by atoms with E-state index >= 15 is 0 Å². The summed E-state index contributed by atoms with van der Waals surface area (Å²) in [6.45, 7) is 0.761. The van der Waals surface area contributed by atoms with Crippen LogP contribution in [0.3, 0.4) is 0 Å². The van der Waals surface area contributed by atoms with Gasteiger partial charge in [-0.15, -0.1) is 0 Å². The molecule has 1 aliphatic rings. The summed E-state index contributed by atoms with van der Waals surface area (Å²) in [5, 5.41) is 27.7. The Hall–Kier alpha value is -2.85. The van der Waals surface area contributed by atoms with Crippen LogP contribution >= 0.6 is 0 Å². The molecule has 0 aromatic carbocycles. The molecular weight excluding hydrogens is 294 g/mol. The maximum absolute atomic E-state index is 10.2. The average molecular weight is 309 g/mol. The number of ether oxygens (including phenoxy) is 1. The summed E-state index contributed by atoms with van der Waals surface area (Å²) >= 11 is 0. The minimum atomic E-state index is -0.0234. The predicted octanol–water partition coefficient (Wildman–Crippen LogP) is 2.47. The molecule has 0 radical (unpaired) electrons. The molecule has 3 aromatic rings. The lowest BCUT2D eigenvalue weighted by Crippen LogP contribution is -2.18. The van der Waals surface area contributed by atoms with Crippen molar-refractivity contribution in [3.05, 3.63) is 36.4 Å². The highest BCUT2D eigenvalue weighted by atomic mass is 16.5. The highest BCUT2D eigenvalue weighted by Gasteiger charge is 2.17. The second kappa shape index (κ2) is 5.41. The number of hydrogen-bond acceptors (Lipinski definition) is 5. The number of nitrogens with zero attached hydrogens (tertiary/aromatic N) is 5. The van der Waals surface area contributed by atoms with E-state index in [0.717, 1.165) is 37.0 Å². The van der Waals surface area contributed by atoms with Crippen molar-refractivity contribution in [1.29, 1.82) is 5.26 Å². The third-order valence-electron chi connectivity index (χ3n) is 4.10. The van der Waals surface area contributed by atoms with Crippen molar-refractivity contribution in [3.8, 4) is 22.9 Å². The molecule has 0 aliphatic carbocycles. The number of rotatable bonds is 2. The molecule has 7 nitrogen and oxygen atoms in total. The molecule has 0 saturated carbocycles. The maximum Gasteiger partial charge on any atom is 0.150 e. The fourth-order valence-corrected chi connectivity index (χ4v) is 2.92. The lowest BCUT2D eigenvalue weighted by Gasteiger charge is -2.22. The maximum atomic E-state index is 10.2. The van der Waals surface area contributed by atoms with Gasteiger partial charge in [0.15, 0.2) is 0 Å². The van der Waals surface area contributed by atoms with Gasteiger partial charge in [-0.3, -0.25) is 0 Å². The first-order valence-corrected chi connectivity index (χ1v) is 7.53. The highest BCUT2D eigenvalue weighted by Crippen LogP contribution is 2.30. The molecule has 7 heteroatoms. The van der Waals surface area contributed by atoms with E-state index in [9.17, 15) is 5.11 Å². The highest BCUT2D eigenvalue weighted by molar-refractivity contribution is 5.74. The van der Waals surface area contributed by atoms with Crippen LogP contribution in [0, 0.1) is 11.3 Å². The minimum absolute atomic E-state index is 0.0234. The third kappa shape index (κ3) is 2.33. The molecule has 1 saturated heterocycles. The molecule has 1 fully saturated rings. The fraction of sp³-hybridized carbons (Fsp3) is 0.312. The molecule has 1 N–H and O–H groups in total. The molecular formula is C16H15N5O2. The largest absolute Gasteiger partial charge is 0.506 e. The van der Waals surface area contributed by atoms with Crippen molar-refractivity contribution in [3.63, 3.8) is 0 Å². The Morgan fingerprint density at radius 2 is 2.13 bits per heavy atom. The van der Waals surface area contributed by atoms with Crippen LogP contribution in [0.1, 0.15) is 31.1 Å². The first-order valence-electron chi connectivity index (χ1n) is 7.53. The Labute approximate surface area is 132 Å². The second-order valence-corrected chi connectivity index (χ2v) is 5.61. The first kappa shape index (κ1) is 13.8. The Balaban J connectivity index is 1.72. The number of aromatic nitrogens is 4. The van der Waals surface area contributed by atoms with Gasteiger partial charge >= 0.3 is 0 Å². The standard InChI is InChI=1S/C16H15N5O2/c17-6-12-7-19-21-9-11(5-14(22)16(12)21)13-8-18-20(10-13)15-3-1-2-4-23-15/h5,7-10,15,22H,1-4H2. The zero-order valence-corrected chi connectivity index (χ0v) is 12.4.